The normalized spacial score (nSPS) is 19.8. The lowest BCUT2D eigenvalue weighted by Gasteiger charge is -2.30. The highest BCUT2D eigenvalue weighted by atomic mass is 19.4. The first-order valence-electron chi connectivity index (χ1n) is 10.7. The minimum absolute atomic E-state index is 0.00870. The summed E-state index contributed by atoms with van der Waals surface area (Å²) in [5, 5.41) is 9.53. The van der Waals surface area contributed by atoms with Crippen molar-refractivity contribution in [3.8, 4) is 5.88 Å². The lowest BCUT2D eigenvalue weighted by Crippen LogP contribution is -2.47. The van der Waals surface area contributed by atoms with Gasteiger partial charge in [0.25, 0.3) is 0 Å². The number of hydrogen-bond acceptors (Lipinski definition) is 4. The van der Waals surface area contributed by atoms with E-state index in [1.807, 2.05) is 20.8 Å². The highest BCUT2D eigenvalue weighted by Crippen LogP contribution is 2.29. The van der Waals surface area contributed by atoms with Crippen molar-refractivity contribution in [1.29, 1.82) is 0 Å². The summed E-state index contributed by atoms with van der Waals surface area (Å²) in [5.41, 5.74) is -0.815. The molecular weight excluding hydrogens is 411 g/mol. The smallest absolute Gasteiger partial charge is 0.417 e. The topological polar surface area (TPSA) is 87.6 Å². The third-order valence-electron chi connectivity index (χ3n) is 4.84. The first kappa shape index (κ1) is 24.7. The Kier molecular flexibility index (Phi) is 9.39. The summed E-state index contributed by atoms with van der Waals surface area (Å²) in [7, 11) is 0. The standard InChI is InChI=1S/C21H32F3N5O2/c1-4-25-20(29-17-7-5-6-15(12-17)19(30)28-14(2)3)26-10-11-31-18-9-8-16(13-27-18)21(22,23)24/h8-9,13-15,17H,4-7,10-12H2,1-3H3,(H,28,30)(H2,25,26,29). The monoisotopic (exact) mass is 443 g/mol. The fourth-order valence-corrected chi connectivity index (χ4v) is 3.42. The molecule has 1 aliphatic carbocycles. The van der Waals surface area contributed by atoms with Crippen LogP contribution in [0.5, 0.6) is 5.88 Å². The van der Waals surface area contributed by atoms with Crippen molar-refractivity contribution in [3.63, 3.8) is 0 Å². The van der Waals surface area contributed by atoms with Gasteiger partial charge in [0.1, 0.15) is 6.61 Å². The van der Waals surface area contributed by atoms with Crippen LogP contribution in [0.25, 0.3) is 0 Å². The molecule has 174 valence electrons. The lowest BCUT2D eigenvalue weighted by molar-refractivity contribution is -0.137. The summed E-state index contributed by atoms with van der Waals surface area (Å²) >= 11 is 0. The molecule has 0 radical (unpaired) electrons. The molecule has 2 unspecified atom stereocenters. The average molecular weight is 444 g/mol. The molecule has 10 heteroatoms. The van der Waals surface area contributed by atoms with Crippen LogP contribution < -0.4 is 20.7 Å². The molecule has 3 N–H and O–H groups in total. The number of nitrogens with one attached hydrogen (secondary N) is 3. The number of ether oxygens (including phenoxy) is 1. The van der Waals surface area contributed by atoms with Crippen LogP contribution in [0.1, 0.15) is 52.0 Å². The van der Waals surface area contributed by atoms with E-state index in [1.165, 1.54) is 6.07 Å². The molecule has 0 saturated heterocycles. The maximum absolute atomic E-state index is 12.6. The molecule has 1 heterocycles. The van der Waals surface area contributed by atoms with Gasteiger partial charge in [-0.05, 0) is 46.1 Å². The van der Waals surface area contributed by atoms with Crippen molar-refractivity contribution in [2.45, 2.75) is 64.7 Å². The molecular formula is C21H32F3N5O2. The fraction of sp³-hybridized carbons (Fsp3) is 0.667. The molecule has 0 aliphatic heterocycles. The van der Waals surface area contributed by atoms with E-state index in [-0.39, 0.29) is 36.4 Å². The van der Waals surface area contributed by atoms with E-state index in [1.54, 1.807) is 0 Å². The van der Waals surface area contributed by atoms with Crippen LogP contribution in [0.15, 0.2) is 23.3 Å². The largest absolute Gasteiger partial charge is 0.476 e. The lowest BCUT2D eigenvalue weighted by atomic mass is 9.85. The zero-order valence-corrected chi connectivity index (χ0v) is 18.3. The van der Waals surface area contributed by atoms with Gasteiger partial charge in [0.2, 0.25) is 11.8 Å². The van der Waals surface area contributed by atoms with Gasteiger partial charge in [0.05, 0.1) is 12.1 Å². The molecule has 2 rings (SSSR count). The maximum atomic E-state index is 12.6. The van der Waals surface area contributed by atoms with Crippen LogP contribution in [0.3, 0.4) is 0 Å². The quantitative estimate of drug-likeness (QED) is 0.327. The predicted molar refractivity (Wildman–Crippen MR) is 113 cm³/mol. The number of carbonyl (C=O) groups is 1. The summed E-state index contributed by atoms with van der Waals surface area (Å²) in [4.78, 5) is 20.5. The molecule has 0 spiro atoms. The Hall–Kier alpha value is -2.52. The number of alkyl halides is 3. The fourth-order valence-electron chi connectivity index (χ4n) is 3.42. The molecule has 31 heavy (non-hydrogen) atoms. The highest BCUT2D eigenvalue weighted by Gasteiger charge is 2.31. The van der Waals surface area contributed by atoms with Crippen molar-refractivity contribution in [2.24, 2.45) is 10.9 Å². The van der Waals surface area contributed by atoms with Gasteiger partial charge in [0.15, 0.2) is 5.96 Å². The van der Waals surface area contributed by atoms with E-state index in [0.29, 0.717) is 19.0 Å². The van der Waals surface area contributed by atoms with Gasteiger partial charge < -0.3 is 20.7 Å². The van der Waals surface area contributed by atoms with E-state index >= 15 is 0 Å². The number of halogens is 3. The molecule has 7 nitrogen and oxygen atoms in total. The Labute approximate surface area is 181 Å². The van der Waals surface area contributed by atoms with E-state index in [2.05, 4.69) is 25.9 Å². The van der Waals surface area contributed by atoms with Gasteiger partial charge in [-0.2, -0.15) is 13.2 Å². The van der Waals surface area contributed by atoms with Crippen molar-refractivity contribution < 1.29 is 22.7 Å². The van der Waals surface area contributed by atoms with Crippen molar-refractivity contribution >= 4 is 11.9 Å². The summed E-state index contributed by atoms with van der Waals surface area (Å²) in [6.07, 6.45) is -0.111. The van der Waals surface area contributed by atoms with Crippen LogP contribution in [-0.4, -0.2) is 48.6 Å². The third-order valence-corrected chi connectivity index (χ3v) is 4.84. The van der Waals surface area contributed by atoms with Crippen LogP contribution >= 0.6 is 0 Å². The second-order valence-electron chi connectivity index (χ2n) is 7.86. The van der Waals surface area contributed by atoms with Gasteiger partial charge in [-0.3, -0.25) is 4.79 Å². The second kappa shape index (κ2) is 11.8. The van der Waals surface area contributed by atoms with E-state index in [9.17, 15) is 18.0 Å². The van der Waals surface area contributed by atoms with Gasteiger partial charge in [-0.1, -0.05) is 6.42 Å². The Morgan fingerprint density at radius 2 is 2.10 bits per heavy atom. The third kappa shape index (κ3) is 8.63. The SMILES string of the molecule is CCNC(=NCCOc1ccc(C(F)(F)F)cn1)NC1CCCC(C(=O)NC(C)C)C1. The van der Waals surface area contributed by atoms with Crippen molar-refractivity contribution in [2.75, 3.05) is 19.7 Å². The Bertz CT molecular complexity index is 723. The minimum atomic E-state index is -4.42. The molecule has 1 saturated carbocycles. The second-order valence-corrected chi connectivity index (χ2v) is 7.86. The van der Waals surface area contributed by atoms with E-state index < -0.39 is 11.7 Å². The average Bonchev–Trinajstić information content (AvgIpc) is 2.70. The van der Waals surface area contributed by atoms with Gasteiger partial charge >= 0.3 is 6.18 Å². The number of nitrogens with zero attached hydrogens (tertiary/aromatic N) is 2. The molecule has 0 aromatic carbocycles. The van der Waals surface area contributed by atoms with Crippen LogP contribution in [0.4, 0.5) is 13.2 Å². The molecule has 1 amide bonds. The molecule has 1 aromatic rings. The van der Waals surface area contributed by atoms with Crippen LogP contribution in [-0.2, 0) is 11.0 Å². The van der Waals surface area contributed by atoms with E-state index in [4.69, 9.17) is 4.74 Å². The Balaban J connectivity index is 1.83. The van der Waals surface area contributed by atoms with Gasteiger partial charge in [0, 0.05) is 36.8 Å². The summed E-state index contributed by atoms with van der Waals surface area (Å²) < 4.78 is 43.1. The molecule has 1 aromatic heterocycles. The summed E-state index contributed by atoms with van der Waals surface area (Å²) in [5.74, 6) is 0.834. The first-order chi connectivity index (χ1) is 14.7. The first-order valence-corrected chi connectivity index (χ1v) is 10.7. The zero-order chi connectivity index (χ0) is 22.9. The number of carbonyl (C=O) groups excluding carboxylic acids is 1. The summed E-state index contributed by atoms with van der Waals surface area (Å²) in [6.45, 7) is 7.03. The Morgan fingerprint density at radius 1 is 1.32 bits per heavy atom. The van der Waals surface area contributed by atoms with Gasteiger partial charge in [-0.15, -0.1) is 0 Å². The van der Waals surface area contributed by atoms with Gasteiger partial charge in [-0.25, -0.2) is 9.98 Å². The molecule has 2 atom stereocenters. The number of amides is 1. The molecule has 0 bridgehead atoms. The summed E-state index contributed by atoms with van der Waals surface area (Å²) in [6, 6.07) is 2.40. The zero-order valence-electron chi connectivity index (χ0n) is 18.3. The predicted octanol–water partition coefficient (Wildman–Crippen LogP) is 3.12. The van der Waals surface area contributed by atoms with Crippen molar-refractivity contribution in [3.05, 3.63) is 23.9 Å². The van der Waals surface area contributed by atoms with Crippen LogP contribution in [0, 0.1) is 5.92 Å². The number of rotatable bonds is 8. The van der Waals surface area contributed by atoms with Crippen molar-refractivity contribution in [1.82, 2.24) is 20.9 Å². The van der Waals surface area contributed by atoms with Crippen LogP contribution in [0.2, 0.25) is 0 Å². The Morgan fingerprint density at radius 3 is 2.71 bits per heavy atom. The number of pyridine rings is 1. The number of guanidine groups is 1. The minimum Gasteiger partial charge on any atom is -0.476 e. The molecule has 1 fully saturated rings. The number of aromatic nitrogens is 1. The maximum Gasteiger partial charge on any atom is 0.417 e. The number of hydrogen-bond donors (Lipinski definition) is 3. The number of aliphatic imine (C=N–C) groups is 1. The van der Waals surface area contributed by atoms with E-state index in [0.717, 1.165) is 37.9 Å². The molecule has 1 aliphatic rings. The highest BCUT2D eigenvalue weighted by molar-refractivity contribution is 5.81.